The number of nitrogens with two attached hydrogens (primary N) is 3. The van der Waals surface area contributed by atoms with Gasteiger partial charge in [-0.2, -0.15) is 0 Å². The Morgan fingerprint density at radius 3 is 1.38 bits per heavy atom. The number of nitrogens with one attached hydrogen (secondary N) is 2. The standard InChI is InChI=1S/C43H81N5O5/c1-3-5-7-9-11-13-15-18-22-34(49)28-47-37(48-29-35(50)23-19-16-14-12-10-8-6-4-2)25-21-17-20-24-36-33-26-41(38(44)51)30-42(27-33,39(45)52)32-43(36,31-41)40(46)53/h33-37,47-50H,3-32H2,1-2H3,(H2,44,51)(H2,45,52)(H2,46,53). The van der Waals surface area contributed by atoms with Gasteiger partial charge in [-0.1, -0.05) is 136 Å². The lowest BCUT2D eigenvalue weighted by atomic mass is 9.35. The zero-order valence-electron chi connectivity index (χ0n) is 34.0. The van der Waals surface area contributed by atoms with Crippen LogP contribution in [0.1, 0.15) is 194 Å². The van der Waals surface area contributed by atoms with Crippen LogP contribution in [0.15, 0.2) is 0 Å². The highest BCUT2D eigenvalue weighted by Gasteiger charge is 2.72. The van der Waals surface area contributed by atoms with E-state index in [0.29, 0.717) is 45.2 Å². The third kappa shape index (κ3) is 13.7. The topological polar surface area (TPSA) is 194 Å². The summed E-state index contributed by atoms with van der Waals surface area (Å²) in [5.74, 6) is -1.25. The molecule has 0 spiro atoms. The number of unbranched alkanes of at least 4 members (excludes halogenated alkanes) is 16. The summed E-state index contributed by atoms with van der Waals surface area (Å²) in [4.78, 5) is 38.7. The summed E-state index contributed by atoms with van der Waals surface area (Å²) < 4.78 is 0. The van der Waals surface area contributed by atoms with Crippen LogP contribution in [0.5, 0.6) is 0 Å². The first-order valence-corrected chi connectivity index (χ1v) is 22.2. The lowest BCUT2D eigenvalue weighted by molar-refractivity contribution is -0.202. The van der Waals surface area contributed by atoms with E-state index < -0.39 is 46.2 Å². The number of hydrogen-bond donors (Lipinski definition) is 7. The van der Waals surface area contributed by atoms with Crippen molar-refractivity contribution in [2.75, 3.05) is 13.1 Å². The van der Waals surface area contributed by atoms with Gasteiger partial charge in [0.1, 0.15) is 0 Å². The molecule has 10 nitrogen and oxygen atoms in total. The maximum Gasteiger partial charge on any atom is 0.224 e. The quantitative estimate of drug-likeness (QED) is 0.0281. The number of aliphatic hydroxyl groups excluding tert-OH is 2. The number of primary amides is 3. The second-order valence-electron chi connectivity index (χ2n) is 18.0. The summed E-state index contributed by atoms with van der Waals surface area (Å²) in [6, 6.07) is 0. The number of amides is 3. The van der Waals surface area contributed by atoms with Crippen LogP contribution in [0, 0.1) is 28.1 Å². The van der Waals surface area contributed by atoms with Crippen LogP contribution in [0.3, 0.4) is 0 Å². The molecule has 0 radical (unpaired) electrons. The van der Waals surface area contributed by atoms with Gasteiger partial charge in [0, 0.05) is 13.1 Å². The molecule has 5 atom stereocenters. The molecule has 0 aromatic carbocycles. The number of carbonyl (C=O) groups is 3. The summed E-state index contributed by atoms with van der Waals surface area (Å²) in [5, 5.41) is 28.7. The summed E-state index contributed by atoms with van der Waals surface area (Å²) in [6.07, 6.45) is 27.5. The van der Waals surface area contributed by atoms with E-state index in [0.717, 1.165) is 57.8 Å². The van der Waals surface area contributed by atoms with Gasteiger partial charge in [-0.15, -0.1) is 0 Å². The predicted octanol–water partition coefficient (Wildman–Crippen LogP) is 6.86. The molecule has 0 saturated heterocycles. The van der Waals surface area contributed by atoms with Crippen LogP contribution in [0.4, 0.5) is 0 Å². The van der Waals surface area contributed by atoms with E-state index in [9.17, 15) is 24.6 Å². The van der Waals surface area contributed by atoms with Crippen LogP contribution < -0.4 is 27.8 Å². The van der Waals surface area contributed by atoms with Gasteiger partial charge >= 0.3 is 0 Å². The Labute approximate surface area is 322 Å². The Balaban J connectivity index is 1.47. The van der Waals surface area contributed by atoms with Crippen molar-refractivity contribution in [1.82, 2.24) is 10.6 Å². The molecule has 0 aromatic heterocycles. The van der Waals surface area contributed by atoms with Crippen LogP contribution in [0.2, 0.25) is 0 Å². The fourth-order valence-corrected chi connectivity index (χ4v) is 10.8. The smallest absolute Gasteiger partial charge is 0.224 e. The number of carbonyl (C=O) groups excluding carboxylic acids is 3. The summed E-state index contributed by atoms with van der Waals surface area (Å²) >= 11 is 0. The second-order valence-corrected chi connectivity index (χ2v) is 18.0. The summed E-state index contributed by atoms with van der Waals surface area (Å²) in [7, 11) is 0. The van der Waals surface area contributed by atoms with Crippen molar-refractivity contribution < 1.29 is 24.6 Å². The molecule has 10 heteroatoms. The largest absolute Gasteiger partial charge is 0.392 e. The van der Waals surface area contributed by atoms with Crippen molar-refractivity contribution in [3.05, 3.63) is 0 Å². The number of hydrogen-bond acceptors (Lipinski definition) is 7. The van der Waals surface area contributed by atoms with E-state index in [-0.39, 0.29) is 18.0 Å². The van der Waals surface area contributed by atoms with Gasteiger partial charge in [-0.05, 0) is 69.6 Å². The Kier molecular flexibility index (Phi) is 20.1. The molecular weight excluding hydrogens is 667 g/mol. The second kappa shape index (κ2) is 23.3. The highest BCUT2D eigenvalue weighted by molar-refractivity contribution is 5.91. The van der Waals surface area contributed by atoms with Gasteiger partial charge in [0.05, 0.1) is 34.6 Å². The zero-order chi connectivity index (χ0) is 38.7. The normalized spacial score (nSPS) is 27.8. The monoisotopic (exact) mass is 748 g/mol. The molecule has 5 unspecified atom stereocenters. The molecule has 308 valence electrons. The molecule has 4 bridgehead atoms. The Morgan fingerprint density at radius 1 is 0.566 bits per heavy atom. The summed E-state index contributed by atoms with van der Waals surface area (Å²) in [6.45, 7) is 5.54. The van der Waals surface area contributed by atoms with E-state index in [2.05, 4.69) is 24.5 Å². The molecule has 0 aromatic rings. The van der Waals surface area contributed by atoms with Gasteiger partial charge < -0.3 is 27.4 Å². The Hall–Kier alpha value is -1.75. The molecule has 10 N–H and O–H groups in total. The van der Waals surface area contributed by atoms with Gasteiger partial charge in [0.2, 0.25) is 17.7 Å². The van der Waals surface area contributed by atoms with E-state index >= 15 is 0 Å². The van der Waals surface area contributed by atoms with Crippen LogP contribution in [0.25, 0.3) is 0 Å². The minimum absolute atomic E-state index is 0.0135. The lowest BCUT2D eigenvalue weighted by Crippen LogP contribution is -2.69. The molecule has 0 heterocycles. The molecule has 3 amide bonds. The van der Waals surface area contributed by atoms with E-state index in [1.54, 1.807) is 0 Å². The lowest BCUT2D eigenvalue weighted by Gasteiger charge is -2.67. The molecule has 4 aliphatic carbocycles. The minimum Gasteiger partial charge on any atom is -0.392 e. The highest BCUT2D eigenvalue weighted by Crippen LogP contribution is 2.72. The van der Waals surface area contributed by atoms with Crippen molar-refractivity contribution in [3.63, 3.8) is 0 Å². The fraction of sp³-hybridized carbons (Fsp3) is 0.930. The average molecular weight is 748 g/mol. The third-order valence-corrected chi connectivity index (χ3v) is 13.6. The predicted molar refractivity (Wildman–Crippen MR) is 214 cm³/mol. The van der Waals surface area contributed by atoms with Gasteiger partial charge in [-0.25, -0.2) is 0 Å². The van der Waals surface area contributed by atoms with Crippen LogP contribution in [-0.2, 0) is 14.4 Å². The molecular formula is C43H81N5O5. The fourth-order valence-electron chi connectivity index (χ4n) is 10.8. The van der Waals surface area contributed by atoms with Crippen LogP contribution in [-0.4, -0.2) is 59.4 Å². The highest BCUT2D eigenvalue weighted by atomic mass is 16.3. The van der Waals surface area contributed by atoms with Crippen molar-refractivity contribution >= 4 is 17.7 Å². The number of rotatable bonds is 33. The van der Waals surface area contributed by atoms with E-state index in [1.807, 2.05) is 0 Å². The molecule has 4 rings (SSSR count). The maximum absolute atomic E-state index is 13.2. The first-order valence-electron chi connectivity index (χ1n) is 22.2. The summed E-state index contributed by atoms with van der Waals surface area (Å²) in [5.41, 5.74) is 15.3. The number of aliphatic hydroxyl groups is 2. The van der Waals surface area contributed by atoms with E-state index in [4.69, 9.17) is 17.2 Å². The Morgan fingerprint density at radius 2 is 0.962 bits per heavy atom. The maximum atomic E-state index is 13.2. The molecule has 53 heavy (non-hydrogen) atoms. The minimum atomic E-state index is -0.925. The third-order valence-electron chi connectivity index (χ3n) is 13.6. The zero-order valence-corrected chi connectivity index (χ0v) is 34.0. The average Bonchev–Trinajstić information content (AvgIpc) is 3.11. The van der Waals surface area contributed by atoms with E-state index in [1.165, 1.54) is 89.9 Å². The molecule has 4 aliphatic rings. The molecule has 4 saturated carbocycles. The first-order chi connectivity index (χ1) is 25.4. The van der Waals surface area contributed by atoms with Gasteiger partial charge in [0.25, 0.3) is 0 Å². The Bertz CT molecular complexity index is 1030. The molecule has 4 fully saturated rings. The first kappa shape index (κ1) is 45.6. The van der Waals surface area contributed by atoms with Gasteiger partial charge in [-0.3, -0.25) is 25.0 Å². The SMILES string of the molecule is CCCCCCCCCCC(O)CNC(CCCCCC1C2CC3(C(N)=O)CC(C(N)=O)(C2)CC1(C(N)=O)C3)NCC(O)CCCCCCCCCC. The van der Waals surface area contributed by atoms with Crippen molar-refractivity contribution in [2.24, 2.45) is 45.3 Å². The molecule has 0 aliphatic heterocycles. The van der Waals surface area contributed by atoms with Crippen LogP contribution >= 0.6 is 0 Å². The van der Waals surface area contributed by atoms with Crippen molar-refractivity contribution in [3.8, 4) is 0 Å². The van der Waals surface area contributed by atoms with Crippen molar-refractivity contribution in [2.45, 2.75) is 212 Å². The van der Waals surface area contributed by atoms with Gasteiger partial charge in [0.15, 0.2) is 0 Å². The van der Waals surface area contributed by atoms with Crippen molar-refractivity contribution in [1.29, 1.82) is 0 Å².